The van der Waals surface area contributed by atoms with E-state index in [1.54, 1.807) is 0 Å². The SMILES string of the molecule is C/C=C/c1ccc(CN(C)CC)cc1. The molecule has 1 nitrogen and oxygen atoms in total. The first-order chi connectivity index (χ1) is 6.76. The van der Waals surface area contributed by atoms with E-state index in [0.29, 0.717) is 0 Å². The van der Waals surface area contributed by atoms with E-state index in [0.717, 1.165) is 13.1 Å². The van der Waals surface area contributed by atoms with Crippen LogP contribution in [0.5, 0.6) is 0 Å². The zero-order valence-corrected chi connectivity index (χ0v) is 9.33. The molecule has 1 heteroatoms. The second-order valence-corrected chi connectivity index (χ2v) is 3.57. The second-order valence-electron chi connectivity index (χ2n) is 3.57. The van der Waals surface area contributed by atoms with Gasteiger partial charge in [-0.2, -0.15) is 0 Å². The summed E-state index contributed by atoms with van der Waals surface area (Å²) in [5.41, 5.74) is 2.65. The number of benzene rings is 1. The average molecular weight is 189 g/mol. The van der Waals surface area contributed by atoms with E-state index in [1.165, 1.54) is 11.1 Å². The van der Waals surface area contributed by atoms with Crippen LogP contribution in [0.15, 0.2) is 30.3 Å². The lowest BCUT2D eigenvalue weighted by atomic mass is 10.1. The lowest BCUT2D eigenvalue weighted by Crippen LogP contribution is -2.16. The first-order valence-corrected chi connectivity index (χ1v) is 5.16. The average Bonchev–Trinajstić information content (AvgIpc) is 2.21. The molecule has 0 aliphatic heterocycles. The van der Waals surface area contributed by atoms with Gasteiger partial charge >= 0.3 is 0 Å². The Kier molecular flexibility index (Phi) is 4.41. The Balaban J connectivity index is 2.63. The zero-order chi connectivity index (χ0) is 10.4. The molecule has 14 heavy (non-hydrogen) atoms. The van der Waals surface area contributed by atoms with Crippen molar-refractivity contribution in [1.82, 2.24) is 4.90 Å². The zero-order valence-electron chi connectivity index (χ0n) is 9.33. The van der Waals surface area contributed by atoms with Crippen molar-refractivity contribution in [3.05, 3.63) is 41.5 Å². The van der Waals surface area contributed by atoms with Crippen LogP contribution in [-0.2, 0) is 6.54 Å². The van der Waals surface area contributed by atoms with Gasteiger partial charge in [-0.15, -0.1) is 0 Å². The van der Waals surface area contributed by atoms with Gasteiger partial charge in [-0.25, -0.2) is 0 Å². The van der Waals surface area contributed by atoms with E-state index in [1.807, 2.05) is 6.92 Å². The van der Waals surface area contributed by atoms with Crippen LogP contribution in [0.4, 0.5) is 0 Å². The number of nitrogens with zero attached hydrogens (tertiary/aromatic N) is 1. The fraction of sp³-hybridized carbons (Fsp3) is 0.385. The number of rotatable bonds is 4. The largest absolute Gasteiger partial charge is 0.302 e. The van der Waals surface area contributed by atoms with Crippen molar-refractivity contribution >= 4 is 6.08 Å². The molecule has 0 fully saturated rings. The van der Waals surface area contributed by atoms with Gasteiger partial charge in [0.25, 0.3) is 0 Å². The molecule has 0 aliphatic carbocycles. The molecule has 1 rings (SSSR count). The molecular weight excluding hydrogens is 170 g/mol. The highest BCUT2D eigenvalue weighted by atomic mass is 15.1. The summed E-state index contributed by atoms with van der Waals surface area (Å²) in [5.74, 6) is 0. The third-order valence-electron chi connectivity index (χ3n) is 2.33. The van der Waals surface area contributed by atoms with Gasteiger partial charge in [-0.1, -0.05) is 43.3 Å². The lowest BCUT2D eigenvalue weighted by Gasteiger charge is -2.13. The monoisotopic (exact) mass is 189 g/mol. The van der Waals surface area contributed by atoms with E-state index in [-0.39, 0.29) is 0 Å². The molecule has 0 saturated carbocycles. The molecule has 1 aromatic carbocycles. The highest BCUT2D eigenvalue weighted by molar-refractivity contribution is 5.49. The summed E-state index contributed by atoms with van der Waals surface area (Å²) in [5, 5.41) is 0. The summed E-state index contributed by atoms with van der Waals surface area (Å²) >= 11 is 0. The molecule has 0 bridgehead atoms. The maximum atomic E-state index is 2.30. The fourth-order valence-corrected chi connectivity index (χ4v) is 1.35. The topological polar surface area (TPSA) is 3.24 Å². The van der Waals surface area contributed by atoms with E-state index in [2.05, 4.69) is 55.3 Å². The van der Waals surface area contributed by atoms with Crippen LogP contribution >= 0.6 is 0 Å². The summed E-state index contributed by atoms with van der Waals surface area (Å²) < 4.78 is 0. The van der Waals surface area contributed by atoms with Gasteiger partial charge in [0, 0.05) is 6.54 Å². The highest BCUT2D eigenvalue weighted by Gasteiger charge is 1.96. The fourth-order valence-electron chi connectivity index (χ4n) is 1.35. The van der Waals surface area contributed by atoms with Gasteiger partial charge in [-0.3, -0.25) is 0 Å². The molecule has 0 saturated heterocycles. The molecule has 0 spiro atoms. The third kappa shape index (κ3) is 3.35. The Hall–Kier alpha value is -1.08. The van der Waals surface area contributed by atoms with E-state index < -0.39 is 0 Å². The Bertz CT molecular complexity index is 285. The van der Waals surface area contributed by atoms with Crippen LogP contribution < -0.4 is 0 Å². The number of hydrogen-bond donors (Lipinski definition) is 0. The van der Waals surface area contributed by atoms with Crippen LogP contribution in [0.3, 0.4) is 0 Å². The van der Waals surface area contributed by atoms with E-state index >= 15 is 0 Å². The van der Waals surface area contributed by atoms with Crippen LogP contribution in [0.1, 0.15) is 25.0 Å². The molecule has 1 aromatic rings. The Morgan fingerprint density at radius 3 is 2.36 bits per heavy atom. The first kappa shape index (κ1) is 11.0. The van der Waals surface area contributed by atoms with Crippen LogP contribution in [0.25, 0.3) is 6.08 Å². The number of hydrogen-bond acceptors (Lipinski definition) is 1. The van der Waals surface area contributed by atoms with Crippen LogP contribution in [0.2, 0.25) is 0 Å². The van der Waals surface area contributed by atoms with Gasteiger partial charge in [0.05, 0.1) is 0 Å². The van der Waals surface area contributed by atoms with E-state index in [9.17, 15) is 0 Å². The predicted molar refractivity (Wildman–Crippen MR) is 63.2 cm³/mol. The predicted octanol–water partition coefficient (Wildman–Crippen LogP) is 3.17. The Labute approximate surface area is 87.1 Å². The molecule has 0 radical (unpaired) electrons. The molecule has 0 aliphatic rings. The molecule has 76 valence electrons. The highest BCUT2D eigenvalue weighted by Crippen LogP contribution is 2.07. The Morgan fingerprint density at radius 2 is 1.86 bits per heavy atom. The van der Waals surface area contributed by atoms with Crippen LogP contribution in [-0.4, -0.2) is 18.5 Å². The first-order valence-electron chi connectivity index (χ1n) is 5.16. The summed E-state index contributed by atoms with van der Waals surface area (Å²) in [6, 6.07) is 8.72. The summed E-state index contributed by atoms with van der Waals surface area (Å²) in [6.45, 7) is 6.34. The molecule has 0 N–H and O–H groups in total. The Morgan fingerprint density at radius 1 is 1.21 bits per heavy atom. The molecule has 0 amide bonds. The summed E-state index contributed by atoms with van der Waals surface area (Å²) in [6.07, 6.45) is 4.18. The second kappa shape index (κ2) is 5.61. The van der Waals surface area contributed by atoms with Crippen molar-refractivity contribution in [3.8, 4) is 0 Å². The number of allylic oxidation sites excluding steroid dienone is 1. The lowest BCUT2D eigenvalue weighted by molar-refractivity contribution is 0.346. The van der Waals surface area contributed by atoms with Crippen molar-refractivity contribution in [1.29, 1.82) is 0 Å². The van der Waals surface area contributed by atoms with Gasteiger partial charge in [0.2, 0.25) is 0 Å². The van der Waals surface area contributed by atoms with Crippen molar-refractivity contribution in [2.75, 3.05) is 13.6 Å². The quantitative estimate of drug-likeness (QED) is 0.703. The van der Waals surface area contributed by atoms with Gasteiger partial charge in [-0.05, 0) is 31.6 Å². The molecule has 0 aromatic heterocycles. The van der Waals surface area contributed by atoms with Crippen LogP contribution in [0, 0.1) is 0 Å². The standard InChI is InChI=1S/C13H19N/c1-4-6-12-7-9-13(10-8-12)11-14(3)5-2/h4,6-10H,5,11H2,1-3H3/b6-4+. The summed E-state index contributed by atoms with van der Waals surface area (Å²) in [4.78, 5) is 2.30. The van der Waals surface area contributed by atoms with Gasteiger partial charge in [0.15, 0.2) is 0 Å². The smallest absolute Gasteiger partial charge is 0.0230 e. The summed E-state index contributed by atoms with van der Waals surface area (Å²) in [7, 11) is 2.14. The maximum absolute atomic E-state index is 2.30. The van der Waals surface area contributed by atoms with E-state index in [4.69, 9.17) is 0 Å². The molecular formula is C13H19N. The minimum absolute atomic E-state index is 1.03. The van der Waals surface area contributed by atoms with Crippen molar-refractivity contribution in [2.24, 2.45) is 0 Å². The molecule has 0 heterocycles. The third-order valence-corrected chi connectivity index (χ3v) is 2.33. The van der Waals surface area contributed by atoms with Crippen molar-refractivity contribution in [2.45, 2.75) is 20.4 Å². The normalized spacial score (nSPS) is 11.4. The minimum atomic E-state index is 1.03. The molecule has 0 unspecified atom stereocenters. The van der Waals surface area contributed by atoms with Gasteiger partial charge < -0.3 is 4.90 Å². The van der Waals surface area contributed by atoms with Crippen molar-refractivity contribution in [3.63, 3.8) is 0 Å². The maximum Gasteiger partial charge on any atom is 0.0230 e. The van der Waals surface area contributed by atoms with Crippen molar-refractivity contribution < 1.29 is 0 Å². The minimum Gasteiger partial charge on any atom is -0.302 e. The van der Waals surface area contributed by atoms with Gasteiger partial charge in [0.1, 0.15) is 0 Å². The molecule has 0 atom stereocenters.